The zero-order chi connectivity index (χ0) is 12.9. The molecule has 1 fully saturated rings. The van der Waals surface area contributed by atoms with Crippen LogP contribution in [0, 0.1) is 10.1 Å². The number of hydrogen-bond donors (Lipinski definition) is 1. The van der Waals surface area contributed by atoms with Gasteiger partial charge in [-0.15, -0.1) is 10.1 Å². The van der Waals surface area contributed by atoms with E-state index < -0.39 is 16.6 Å². The van der Waals surface area contributed by atoms with Gasteiger partial charge in [0, 0.05) is 13.1 Å². The lowest BCUT2D eigenvalue weighted by Crippen LogP contribution is -2.47. The minimum Gasteiger partial charge on any atom is -0.353 e. The average Bonchev–Trinajstić information content (AvgIpc) is 2.68. The minimum atomic E-state index is -1.44. The fourth-order valence-electron chi connectivity index (χ4n) is 1.77. The van der Waals surface area contributed by atoms with E-state index in [0.717, 1.165) is 19.6 Å². The molecule has 0 aliphatic carbocycles. The highest BCUT2D eigenvalue weighted by atomic mass is 17.0. The van der Waals surface area contributed by atoms with Crippen molar-refractivity contribution in [3.8, 4) is 0 Å². The fourth-order valence-corrected chi connectivity index (χ4v) is 1.77. The molecule has 0 aromatic rings. The van der Waals surface area contributed by atoms with Crippen molar-refractivity contribution in [1.82, 2.24) is 10.2 Å². The van der Waals surface area contributed by atoms with Crippen molar-refractivity contribution in [3.63, 3.8) is 0 Å². The Morgan fingerprint density at radius 3 is 2.59 bits per heavy atom. The molecule has 0 aromatic heterocycles. The summed E-state index contributed by atoms with van der Waals surface area (Å²) in [6, 6.07) is 0. The first kappa shape index (κ1) is 13.7. The van der Waals surface area contributed by atoms with E-state index in [-0.39, 0.29) is 0 Å². The molecule has 1 rings (SSSR count). The van der Waals surface area contributed by atoms with Gasteiger partial charge in [0.25, 0.3) is 11.0 Å². The van der Waals surface area contributed by atoms with E-state index in [9.17, 15) is 14.9 Å². The first-order valence-electron chi connectivity index (χ1n) is 5.76. The summed E-state index contributed by atoms with van der Waals surface area (Å²) in [6.45, 7) is 6.14. The summed E-state index contributed by atoms with van der Waals surface area (Å²) in [5, 5.41) is 11.9. The Hall–Kier alpha value is -1.37. The van der Waals surface area contributed by atoms with Gasteiger partial charge in [0.15, 0.2) is 5.60 Å². The number of rotatable bonds is 6. The van der Waals surface area contributed by atoms with E-state index in [2.05, 4.69) is 15.1 Å². The van der Waals surface area contributed by atoms with Gasteiger partial charge < -0.3 is 10.2 Å². The third kappa shape index (κ3) is 4.56. The molecule has 0 unspecified atom stereocenters. The molecule has 0 atom stereocenters. The predicted molar refractivity (Wildman–Crippen MR) is 60.8 cm³/mol. The molecular formula is C10H19N3O4. The Bertz CT molecular complexity index is 287. The lowest BCUT2D eigenvalue weighted by atomic mass is 10.1. The van der Waals surface area contributed by atoms with Gasteiger partial charge in [-0.1, -0.05) is 0 Å². The van der Waals surface area contributed by atoms with Crippen molar-refractivity contribution in [2.45, 2.75) is 32.3 Å². The van der Waals surface area contributed by atoms with E-state index in [4.69, 9.17) is 0 Å². The number of nitrogens with zero attached hydrogens (tertiary/aromatic N) is 2. The molecule has 1 aliphatic rings. The number of hydrogen-bond acceptors (Lipinski definition) is 5. The van der Waals surface area contributed by atoms with Gasteiger partial charge in [-0.25, -0.2) is 0 Å². The molecule has 0 bridgehead atoms. The number of carbonyl (C=O) groups is 1. The molecule has 1 saturated heterocycles. The van der Waals surface area contributed by atoms with Crippen molar-refractivity contribution in [2.24, 2.45) is 0 Å². The summed E-state index contributed by atoms with van der Waals surface area (Å²) in [4.78, 5) is 28.4. The maximum absolute atomic E-state index is 11.6. The van der Waals surface area contributed by atoms with Crippen LogP contribution < -0.4 is 5.32 Å². The zero-order valence-corrected chi connectivity index (χ0v) is 10.3. The number of nitrogens with one attached hydrogen (secondary N) is 1. The Morgan fingerprint density at radius 2 is 2.06 bits per heavy atom. The standard InChI is InChI=1S/C10H19N3O4/c1-10(2,17-13(15)16)9(14)11-5-8-12-6-3-4-7-12/h3-8H2,1-2H3,(H,11,14). The second-order valence-corrected chi connectivity index (χ2v) is 4.63. The molecule has 1 heterocycles. The molecule has 7 heteroatoms. The van der Waals surface area contributed by atoms with Gasteiger partial charge in [-0.3, -0.25) is 9.63 Å². The van der Waals surface area contributed by atoms with E-state index in [1.54, 1.807) is 0 Å². The van der Waals surface area contributed by atoms with Crippen molar-refractivity contribution in [3.05, 3.63) is 10.1 Å². The Balaban J connectivity index is 2.25. The van der Waals surface area contributed by atoms with E-state index in [1.165, 1.54) is 26.7 Å². The van der Waals surface area contributed by atoms with Gasteiger partial charge in [0.2, 0.25) is 0 Å². The minimum absolute atomic E-state index is 0.464. The quantitative estimate of drug-likeness (QED) is 0.533. The van der Waals surface area contributed by atoms with Crippen molar-refractivity contribution < 1.29 is 14.7 Å². The van der Waals surface area contributed by atoms with Crippen LogP contribution in [0.3, 0.4) is 0 Å². The molecule has 0 spiro atoms. The molecular weight excluding hydrogens is 226 g/mol. The first-order valence-corrected chi connectivity index (χ1v) is 5.76. The normalized spacial score (nSPS) is 16.8. The average molecular weight is 245 g/mol. The topological polar surface area (TPSA) is 84.7 Å². The van der Waals surface area contributed by atoms with Crippen LogP contribution in [0.4, 0.5) is 0 Å². The van der Waals surface area contributed by atoms with Gasteiger partial charge in [0.1, 0.15) is 0 Å². The molecule has 1 amide bonds. The van der Waals surface area contributed by atoms with Crippen molar-refractivity contribution in [1.29, 1.82) is 0 Å². The van der Waals surface area contributed by atoms with E-state index in [0.29, 0.717) is 6.54 Å². The van der Waals surface area contributed by atoms with Gasteiger partial charge >= 0.3 is 0 Å². The third-order valence-corrected chi connectivity index (χ3v) is 2.76. The van der Waals surface area contributed by atoms with Gasteiger partial charge in [-0.05, 0) is 39.8 Å². The maximum atomic E-state index is 11.6. The summed E-state index contributed by atoms with van der Waals surface area (Å²) in [7, 11) is 0. The number of carbonyl (C=O) groups excluding carboxylic acids is 1. The Morgan fingerprint density at radius 1 is 1.47 bits per heavy atom. The maximum Gasteiger partial charge on any atom is 0.295 e. The molecule has 17 heavy (non-hydrogen) atoms. The van der Waals surface area contributed by atoms with Crippen molar-refractivity contribution >= 4 is 5.91 Å². The molecule has 1 aliphatic heterocycles. The summed E-state index contributed by atoms with van der Waals surface area (Å²) >= 11 is 0. The van der Waals surface area contributed by atoms with Crippen LogP contribution in [0.25, 0.3) is 0 Å². The lowest BCUT2D eigenvalue weighted by Gasteiger charge is -2.22. The van der Waals surface area contributed by atoms with E-state index in [1.807, 2.05) is 0 Å². The molecule has 0 radical (unpaired) electrons. The number of likely N-dealkylation sites (tertiary alicyclic amines) is 1. The molecule has 98 valence electrons. The third-order valence-electron chi connectivity index (χ3n) is 2.76. The highest BCUT2D eigenvalue weighted by Crippen LogP contribution is 2.09. The second kappa shape index (κ2) is 5.81. The number of amides is 1. The van der Waals surface area contributed by atoms with Crippen LogP contribution in [0.1, 0.15) is 26.7 Å². The zero-order valence-electron chi connectivity index (χ0n) is 10.3. The molecule has 0 saturated carbocycles. The van der Waals surface area contributed by atoms with Crippen LogP contribution in [-0.4, -0.2) is 47.7 Å². The smallest absolute Gasteiger partial charge is 0.295 e. The SMILES string of the molecule is CC(C)(O[N+](=O)[O-])C(=O)NCCN1CCCC1. The first-order chi connectivity index (χ1) is 7.92. The van der Waals surface area contributed by atoms with Crippen LogP contribution >= 0.6 is 0 Å². The van der Waals surface area contributed by atoms with Crippen molar-refractivity contribution in [2.75, 3.05) is 26.2 Å². The summed E-state index contributed by atoms with van der Waals surface area (Å²) in [5.74, 6) is -0.464. The van der Waals surface area contributed by atoms with Crippen LogP contribution in [-0.2, 0) is 9.63 Å². The van der Waals surface area contributed by atoms with E-state index >= 15 is 0 Å². The van der Waals surface area contributed by atoms with Gasteiger partial charge in [0.05, 0.1) is 0 Å². The molecule has 0 aromatic carbocycles. The van der Waals surface area contributed by atoms with Crippen LogP contribution in [0.2, 0.25) is 0 Å². The van der Waals surface area contributed by atoms with Gasteiger partial charge in [-0.2, -0.15) is 0 Å². The second-order valence-electron chi connectivity index (χ2n) is 4.63. The summed E-state index contributed by atoms with van der Waals surface area (Å²) in [6.07, 6.45) is 2.40. The van der Waals surface area contributed by atoms with Crippen LogP contribution in [0.15, 0.2) is 0 Å². The lowest BCUT2D eigenvalue weighted by molar-refractivity contribution is -0.774. The highest BCUT2D eigenvalue weighted by molar-refractivity contribution is 5.84. The largest absolute Gasteiger partial charge is 0.353 e. The predicted octanol–water partition coefficient (Wildman–Crippen LogP) is 0.185. The Kier molecular flexibility index (Phi) is 4.68. The fraction of sp³-hybridized carbons (Fsp3) is 0.900. The molecule has 1 N–H and O–H groups in total. The van der Waals surface area contributed by atoms with Crippen LogP contribution in [0.5, 0.6) is 0 Å². The highest BCUT2D eigenvalue weighted by Gasteiger charge is 2.31. The summed E-state index contributed by atoms with van der Waals surface area (Å²) < 4.78 is 0. The Labute approximate surface area is 100 Å². The molecule has 7 nitrogen and oxygen atoms in total. The summed E-state index contributed by atoms with van der Waals surface area (Å²) in [5.41, 5.74) is -1.44. The monoisotopic (exact) mass is 245 g/mol.